The van der Waals surface area contributed by atoms with Crippen molar-refractivity contribution in [3.05, 3.63) is 53.6 Å². The van der Waals surface area contributed by atoms with Crippen molar-refractivity contribution in [2.75, 3.05) is 13.6 Å². The van der Waals surface area contributed by atoms with Crippen molar-refractivity contribution in [3.63, 3.8) is 0 Å². The largest absolute Gasteiger partial charge is 0.343 e. The third kappa shape index (κ3) is 3.91. The summed E-state index contributed by atoms with van der Waals surface area (Å²) in [6.07, 6.45) is 3.48. The molecule has 2 aromatic rings. The van der Waals surface area contributed by atoms with Crippen molar-refractivity contribution in [2.24, 2.45) is 7.05 Å². The summed E-state index contributed by atoms with van der Waals surface area (Å²) in [5.74, 6) is -1.49. The van der Waals surface area contributed by atoms with Gasteiger partial charge >= 0.3 is 0 Å². The molecule has 1 aromatic heterocycles. The molecule has 0 bridgehead atoms. The number of halogens is 1. The van der Waals surface area contributed by atoms with Crippen LogP contribution in [0.5, 0.6) is 0 Å². The minimum absolute atomic E-state index is 0.0785. The van der Waals surface area contributed by atoms with Crippen LogP contribution in [-0.4, -0.2) is 40.1 Å². The molecular weight excluding hydrogens is 287 g/mol. The number of carbonyl (C=O) groups is 2. The highest BCUT2D eigenvalue weighted by Gasteiger charge is 2.14. The zero-order chi connectivity index (χ0) is 16.1. The molecule has 0 atom stereocenters. The van der Waals surface area contributed by atoms with Gasteiger partial charge in [0.15, 0.2) is 0 Å². The number of likely N-dealkylation sites (N-methyl/N-ethyl adjacent to an activating group) is 1. The Morgan fingerprint density at radius 2 is 2.09 bits per heavy atom. The van der Waals surface area contributed by atoms with E-state index in [2.05, 4.69) is 10.4 Å². The standard InChI is InChI=1S/C15H17FN4O2/c1-19(9-11-7-18-20(2)10-11)14(21)8-17-15(22)12-5-3-4-6-13(12)16/h3-7,10H,8-9H2,1-2H3,(H,17,22). The second kappa shape index (κ2) is 6.84. The number of aryl methyl sites for hydroxylation is 1. The van der Waals surface area contributed by atoms with Crippen molar-refractivity contribution < 1.29 is 14.0 Å². The monoisotopic (exact) mass is 304 g/mol. The predicted octanol–water partition coefficient (Wildman–Crippen LogP) is 0.948. The highest BCUT2D eigenvalue weighted by Crippen LogP contribution is 2.06. The molecule has 6 nitrogen and oxygen atoms in total. The number of aromatic nitrogens is 2. The number of hydrogen-bond acceptors (Lipinski definition) is 3. The molecular formula is C15H17FN4O2. The maximum atomic E-state index is 13.4. The van der Waals surface area contributed by atoms with E-state index in [0.717, 1.165) is 5.56 Å². The average molecular weight is 304 g/mol. The van der Waals surface area contributed by atoms with Crippen LogP contribution in [0.3, 0.4) is 0 Å². The van der Waals surface area contributed by atoms with E-state index < -0.39 is 11.7 Å². The average Bonchev–Trinajstić information content (AvgIpc) is 2.90. The molecule has 2 rings (SSSR count). The van der Waals surface area contributed by atoms with Crippen LogP contribution in [0.1, 0.15) is 15.9 Å². The number of benzene rings is 1. The van der Waals surface area contributed by atoms with Crippen LogP contribution in [0.2, 0.25) is 0 Å². The molecule has 1 aromatic carbocycles. The fourth-order valence-electron chi connectivity index (χ4n) is 1.95. The molecule has 0 saturated carbocycles. The number of carbonyl (C=O) groups excluding carboxylic acids is 2. The SMILES string of the molecule is CN(Cc1cnn(C)c1)C(=O)CNC(=O)c1ccccc1F. The molecule has 1 N–H and O–H groups in total. The Labute approximate surface area is 127 Å². The van der Waals surface area contributed by atoms with Crippen molar-refractivity contribution in [1.29, 1.82) is 0 Å². The van der Waals surface area contributed by atoms with Crippen molar-refractivity contribution in [1.82, 2.24) is 20.0 Å². The Balaban J connectivity index is 1.87. The topological polar surface area (TPSA) is 67.2 Å². The Morgan fingerprint density at radius 1 is 1.36 bits per heavy atom. The predicted molar refractivity (Wildman–Crippen MR) is 78.4 cm³/mol. The molecule has 1 heterocycles. The van der Waals surface area contributed by atoms with E-state index in [1.807, 2.05) is 6.20 Å². The van der Waals surface area contributed by atoms with Crippen molar-refractivity contribution >= 4 is 11.8 Å². The van der Waals surface area contributed by atoms with Gasteiger partial charge in [0.25, 0.3) is 5.91 Å². The van der Waals surface area contributed by atoms with Gasteiger partial charge in [-0.25, -0.2) is 4.39 Å². The lowest BCUT2D eigenvalue weighted by molar-refractivity contribution is -0.129. The first-order chi connectivity index (χ1) is 10.5. The molecule has 0 unspecified atom stereocenters. The molecule has 0 fully saturated rings. The zero-order valence-corrected chi connectivity index (χ0v) is 12.4. The molecule has 0 spiro atoms. The van der Waals surface area contributed by atoms with Crippen LogP contribution in [0.4, 0.5) is 4.39 Å². The van der Waals surface area contributed by atoms with Gasteiger partial charge in [-0.1, -0.05) is 12.1 Å². The summed E-state index contributed by atoms with van der Waals surface area (Å²) >= 11 is 0. The minimum atomic E-state index is -0.615. The fraction of sp³-hybridized carbons (Fsp3) is 0.267. The van der Waals surface area contributed by atoms with Gasteiger partial charge in [0.05, 0.1) is 18.3 Å². The van der Waals surface area contributed by atoms with Crippen LogP contribution in [0.25, 0.3) is 0 Å². The lowest BCUT2D eigenvalue weighted by Crippen LogP contribution is -2.38. The summed E-state index contributed by atoms with van der Waals surface area (Å²) in [4.78, 5) is 25.3. The second-order valence-electron chi connectivity index (χ2n) is 4.93. The molecule has 0 saturated heterocycles. The highest BCUT2D eigenvalue weighted by molar-refractivity contribution is 5.96. The van der Waals surface area contributed by atoms with E-state index >= 15 is 0 Å². The number of nitrogens with one attached hydrogen (secondary N) is 1. The molecule has 22 heavy (non-hydrogen) atoms. The first-order valence-electron chi connectivity index (χ1n) is 6.71. The van der Waals surface area contributed by atoms with Gasteiger partial charge in [0.1, 0.15) is 5.82 Å². The Kier molecular flexibility index (Phi) is 4.88. The van der Waals surface area contributed by atoms with Gasteiger partial charge in [-0.05, 0) is 12.1 Å². The molecule has 0 radical (unpaired) electrons. The Hall–Kier alpha value is -2.70. The fourth-order valence-corrected chi connectivity index (χ4v) is 1.95. The van der Waals surface area contributed by atoms with Gasteiger partial charge in [-0.15, -0.1) is 0 Å². The summed E-state index contributed by atoms with van der Waals surface area (Å²) < 4.78 is 15.1. The van der Waals surface area contributed by atoms with Gasteiger partial charge in [-0.2, -0.15) is 5.10 Å². The van der Waals surface area contributed by atoms with E-state index in [-0.39, 0.29) is 18.0 Å². The van der Waals surface area contributed by atoms with Crippen LogP contribution >= 0.6 is 0 Å². The lowest BCUT2D eigenvalue weighted by Gasteiger charge is -2.16. The number of amides is 2. The second-order valence-corrected chi connectivity index (χ2v) is 4.93. The zero-order valence-electron chi connectivity index (χ0n) is 12.4. The van der Waals surface area contributed by atoms with Gasteiger partial charge < -0.3 is 10.2 Å². The molecule has 7 heteroatoms. The molecule has 116 valence electrons. The normalized spacial score (nSPS) is 10.3. The molecule has 0 aliphatic carbocycles. The summed E-state index contributed by atoms with van der Waals surface area (Å²) in [5, 5.41) is 6.44. The summed E-state index contributed by atoms with van der Waals surface area (Å²) in [7, 11) is 3.42. The third-order valence-corrected chi connectivity index (χ3v) is 3.12. The van der Waals surface area contributed by atoms with Crippen LogP contribution in [0.15, 0.2) is 36.7 Å². The minimum Gasteiger partial charge on any atom is -0.343 e. The van der Waals surface area contributed by atoms with Gasteiger partial charge in [0, 0.05) is 32.4 Å². The van der Waals surface area contributed by atoms with Crippen LogP contribution in [-0.2, 0) is 18.4 Å². The first-order valence-corrected chi connectivity index (χ1v) is 6.71. The summed E-state index contributed by atoms with van der Waals surface area (Å²) in [6.45, 7) is 0.201. The highest BCUT2D eigenvalue weighted by atomic mass is 19.1. The molecule has 2 amide bonds. The molecule has 0 aliphatic heterocycles. The van der Waals surface area contributed by atoms with E-state index in [1.165, 1.54) is 23.1 Å². The number of nitrogens with zero attached hydrogens (tertiary/aromatic N) is 3. The van der Waals surface area contributed by atoms with Crippen molar-refractivity contribution in [3.8, 4) is 0 Å². The van der Waals surface area contributed by atoms with Crippen molar-refractivity contribution in [2.45, 2.75) is 6.54 Å². The summed E-state index contributed by atoms with van der Waals surface area (Å²) in [5.41, 5.74) is 0.809. The van der Waals surface area contributed by atoms with E-state index in [4.69, 9.17) is 0 Å². The Bertz CT molecular complexity index is 684. The van der Waals surface area contributed by atoms with E-state index in [9.17, 15) is 14.0 Å². The summed E-state index contributed by atoms with van der Waals surface area (Å²) in [6, 6.07) is 5.63. The van der Waals surface area contributed by atoms with Gasteiger partial charge in [0.2, 0.25) is 5.91 Å². The maximum Gasteiger partial charge on any atom is 0.254 e. The first kappa shape index (κ1) is 15.7. The Morgan fingerprint density at radius 3 is 2.73 bits per heavy atom. The smallest absolute Gasteiger partial charge is 0.254 e. The van der Waals surface area contributed by atoms with E-state index in [0.29, 0.717) is 6.54 Å². The number of rotatable bonds is 5. The lowest BCUT2D eigenvalue weighted by atomic mass is 10.2. The number of hydrogen-bond donors (Lipinski definition) is 1. The quantitative estimate of drug-likeness (QED) is 0.894. The maximum absolute atomic E-state index is 13.4. The van der Waals surface area contributed by atoms with Crippen LogP contribution in [0, 0.1) is 5.82 Å². The third-order valence-electron chi connectivity index (χ3n) is 3.12. The molecule has 0 aliphatic rings. The van der Waals surface area contributed by atoms with Crippen LogP contribution < -0.4 is 5.32 Å². The van der Waals surface area contributed by atoms with Gasteiger partial charge in [-0.3, -0.25) is 14.3 Å². The van der Waals surface area contributed by atoms with E-state index in [1.54, 1.807) is 31.0 Å².